The normalized spacial score (nSPS) is 22.7. The van der Waals surface area contributed by atoms with Gasteiger partial charge in [0.15, 0.2) is 0 Å². The van der Waals surface area contributed by atoms with Crippen molar-refractivity contribution in [2.45, 2.75) is 13.8 Å². The van der Waals surface area contributed by atoms with Crippen LogP contribution in [0.15, 0.2) is 35.5 Å². The summed E-state index contributed by atoms with van der Waals surface area (Å²) in [4.78, 5) is 10.9. The first-order valence-electron chi connectivity index (χ1n) is 3.98. The van der Waals surface area contributed by atoms with Gasteiger partial charge in [-0.1, -0.05) is 31.2 Å². The maximum Gasteiger partial charge on any atom is 0.248 e. The molecule has 0 saturated heterocycles. The predicted octanol–water partition coefficient (Wildman–Crippen LogP) is 1.55. The van der Waals surface area contributed by atoms with Crippen LogP contribution in [0.2, 0.25) is 0 Å². The minimum Gasteiger partial charge on any atom is -0.366 e. The zero-order valence-corrected chi connectivity index (χ0v) is 7.37. The highest BCUT2D eigenvalue weighted by atomic mass is 16.1. The quantitative estimate of drug-likeness (QED) is 0.626. The van der Waals surface area contributed by atoms with E-state index in [-0.39, 0.29) is 5.91 Å². The molecule has 2 nitrogen and oxygen atoms in total. The van der Waals surface area contributed by atoms with Crippen LogP contribution in [0.4, 0.5) is 0 Å². The van der Waals surface area contributed by atoms with Crippen LogP contribution in [0, 0.1) is 5.92 Å². The zero-order chi connectivity index (χ0) is 9.14. The van der Waals surface area contributed by atoms with Crippen LogP contribution in [0.5, 0.6) is 0 Å². The fourth-order valence-electron chi connectivity index (χ4n) is 1.11. The number of amides is 1. The second kappa shape index (κ2) is 3.39. The minimum atomic E-state index is -0.359. The first-order valence-corrected chi connectivity index (χ1v) is 3.98. The Bertz CT molecular complexity index is 284. The molecule has 0 saturated carbocycles. The maximum absolute atomic E-state index is 10.9. The first kappa shape index (κ1) is 8.78. The molecular weight excluding hydrogens is 150 g/mol. The Labute approximate surface area is 72.5 Å². The summed E-state index contributed by atoms with van der Waals surface area (Å²) in [5, 5.41) is 0. The Hall–Kier alpha value is -1.31. The van der Waals surface area contributed by atoms with Gasteiger partial charge < -0.3 is 5.73 Å². The average molecular weight is 163 g/mol. The topological polar surface area (TPSA) is 43.1 Å². The van der Waals surface area contributed by atoms with Crippen LogP contribution in [0.3, 0.4) is 0 Å². The van der Waals surface area contributed by atoms with Gasteiger partial charge in [0.25, 0.3) is 0 Å². The summed E-state index contributed by atoms with van der Waals surface area (Å²) < 4.78 is 0. The Morgan fingerprint density at radius 3 is 2.58 bits per heavy atom. The van der Waals surface area contributed by atoms with Gasteiger partial charge in [0.2, 0.25) is 5.91 Å². The highest BCUT2D eigenvalue weighted by Gasteiger charge is 2.06. The van der Waals surface area contributed by atoms with Crippen molar-refractivity contribution >= 4 is 5.91 Å². The lowest BCUT2D eigenvalue weighted by Crippen LogP contribution is -2.13. The third-order valence-electron chi connectivity index (χ3n) is 1.91. The molecule has 0 fully saturated rings. The van der Waals surface area contributed by atoms with Crippen LogP contribution in [0.25, 0.3) is 0 Å². The monoisotopic (exact) mass is 163 g/mol. The molecule has 0 radical (unpaired) electrons. The second-order valence-corrected chi connectivity index (χ2v) is 3.04. The van der Waals surface area contributed by atoms with E-state index in [0.717, 1.165) is 5.57 Å². The second-order valence-electron chi connectivity index (χ2n) is 3.04. The van der Waals surface area contributed by atoms with Crippen LogP contribution < -0.4 is 5.73 Å². The van der Waals surface area contributed by atoms with Crippen molar-refractivity contribution in [3.63, 3.8) is 0 Å². The van der Waals surface area contributed by atoms with Gasteiger partial charge in [0.05, 0.1) is 0 Å². The Balaban J connectivity index is 3.04. The molecule has 1 atom stereocenters. The molecule has 2 N–H and O–H groups in total. The molecule has 0 bridgehead atoms. The zero-order valence-electron chi connectivity index (χ0n) is 7.37. The molecule has 0 heterocycles. The minimum absolute atomic E-state index is 0.359. The molecule has 0 aromatic rings. The van der Waals surface area contributed by atoms with Gasteiger partial charge in [-0.05, 0) is 18.4 Å². The van der Waals surface area contributed by atoms with Crippen molar-refractivity contribution in [3.05, 3.63) is 35.5 Å². The maximum atomic E-state index is 10.9. The van der Waals surface area contributed by atoms with E-state index in [1.54, 1.807) is 6.08 Å². The molecule has 64 valence electrons. The van der Waals surface area contributed by atoms with E-state index in [1.807, 2.05) is 25.2 Å². The van der Waals surface area contributed by atoms with Crippen LogP contribution in [-0.4, -0.2) is 5.91 Å². The van der Waals surface area contributed by atoms with E-state index in [2.05, 4.69) is 6.92 Å². The number of hydrogen-bond acceptors (Lipinski definition) is 1. The lowest BCUT2D eigenvalue weighted by molar-refractivity contribution is -0.114. The van der Waals surface area contributed by atoms with Gasteiger partial charge >= 0.3 is 0 Å². The SMILES string of the molecule is CC1=C(C(N)=O)C=CC(C)C=C1. The largest absolute Gasteiger partial charge is 0.366 e. The lowest BCUT2D eigenvalue weighted by Gasteiger charge is -1.97. The number of primary amides is 1. The number of carbonyl (C=O) groups is 1. The summed E-state index contributed by atoms with van der Waals surface area (Å²) in [6, 6.07) is 0. The molecule has 1 aliphatic rings. The van der Waals surface area contributed by atoms with E-state index >= 15 is 0 Å². The molecule has 12 heavy (non-hydrogen) atoms. The number of carbonyl (C=O) groups excluding carboxylic acids is 1. The summed E-state index contributed by atoms with van der Waals surface area (Å²) in [5.74, 6) is 0.0132. The summed E-state index contributed by atoms with van der Waals surface area (Å²) in [7, 11) is 0. The molecule has 2 heteroatoms. The highest BCUT2D eigenvalue weighted by Crippen LogP contribution is 2.14. The number of rotatable bonds is 1. The van der Waals surface area contributed by atoms with Gasteiger partial charge in [0, 0.05) is 5.57 Å². The third-order valence-corrected chi connectivity index (χ3v) is 1.91. The van der Waals surface area contributed by atoms with Crippen molar-refractivity contribution in [3.8, 4) is 0 Å². The van der Waals surface area contributed by atoms with Gasteiger partial charge in [0.1, 0.15) is 0 Å². The fraction of sp³-hybridized carbons (Fsp3) is 0.300. The Morgan fingerprint density at radius 2 is 2.00 bits per heavy atom. The van der Waals surface area contributed by atoms with Gasteiger partial charge in [-0.15, -0.1) is 0 Å². The van der Waals surface area contributed by atoms with E-state index < -0.39 is 0 Å². The fourth-order valence-corrected chi connectivity index (χ4v) is 1.11. The highest BCUT2D eigenvalue weighted by molar-refractivity contribution is 5.96. The standard InChI is InChI=1S/C10H13NO/c1-7-3-5-8(2)9(6-4-7)10(11)12/h3-7H,1-2H3,(H2,11,12). The van der Waals surface area contributed by atoms with Gasteiger partial charge in [-0.25, -0.2) is 0 Å². The van der Waals surface area contributed by atoms with E-state index in [9.17, 15) is 4.79 Å². The third kappa shape index (κ3) is 1.84. The van der Waals surface area contributed by atoms with Crippen molar-refractivity contribution in [2.75, 3.05) is 0 Å². The smallest absolute Gasteiger partial charge is 0.248 e. The van der Waals surface area contributed by atoms with Crippen molar-refractivity contribution in [1.82, 2.24) is 0 Å². The summed E-state index contributed by atoms with van der Waals surface area (Å²) in [6.07, 6.45) is 7.74. The molecule has 0 spiro atoms. The van der Waals surface area contributed by atoms with Crippen LogP contribution in [0.1, 0.15) is 13.8 Å². The van der Waals surface area contributed by atoms with Gasteiger partial charge in [-0.3, -0.25) is 4.79 Å². The van der Waals surface area contributed by atoms with Crippen molar-refractivity contribution in [1.29, 1.82) is 0 Å². The molecule has 1 amide bonds. The van der Waals surface area contributed by atoms with Crippen molar-refractivity contribution in [2.24, 2.45) is 11.7 Å². The van der Waals surface area contributed by atoms with Crippen LogP contribution in [-0.2, 0) is 4.79 Å². The van der Waals surface area contributed by atoms with Crippen LogP contribution >= 0.6 is 0 Å². The Morgan fingerprint density at radius 1 is 1.42 bits per heavy atom. The lowest BCUT2D eigenvalue weighted by atomic mass is 10.1. The average Bonchev–Trinajstić information content (AvgIpc) is 2.14. The predicted molar refractivity (Wildman–Crippen MR) is 49.3 cm³/mol. The van der Waals surface area contributed by atoms with E-state index in [1.165, 1.54) is 0 Å². The van der Waals surface area contributed by atoms with E-state index in [4.69, 9.17) is 5.73 Å². The summed E-state index contributed by atoms with van der Waals surface area (Å²) in [6.45, 7) is 3.95. The number of nitrogens with two attached hydrogens (primary N) is 1. The summed E-state index contributed by atoms with van der Waals surface area (Å²) >= 11 is 0. The molecule has 0 aromatic carbocycles. The summed E-state index contributed by atoms with van der Waals surface area (Å²) in [5.41, 5.74) is 6.73. The number of allylic oxidation sites excluding steroid dienone is 4. The van der Waals surface area contributed by atoms with Crippen molar-refractivity contribution < 1.29 is 4.79 Å². The molecular formula is C10H13NO. The number of hydrogen-bond donors (Lipinski definition) is 1. The molecule has 0 aliphatic heterocycles. The molecule has 0 aromatic heterocycles. The molecule has 1 rings (SSSR count). The van der Waals surface area contributed by atoms with Gasteiger partial charge in [-0.2, -0.15) is 0 Å². The molecule has 1 aliphatic carbocycles. The van der Waals surface area contributed by atoms with E-state index in [0.29, 0.717) is 11.5 Å². The first-order chi connectivity index (χ1) is 5.61. The Kier molecular flexibility index (Phi) is 2.48. The molecule has 1 unspecified atom stereocenters.